The summed E-state index contributed by atoms with van der Waals surface area (Å²) in [7, 11) is 0. The van der Waals surface area contributed by atoms with Gasteiger partial charge in [-0.25, -0.2) is 9.59 Å². The molecule has 2 saturated carbocycles. The maximum absolute atomic E-state index is 12.6. The molecule has 5 heteroatoms. The second-order valence-electron chi connectivity index (χ2n) is 8.29. The normalized spacial score (nSPS) is 23.9. The van der Waals surface area contributed by atoms with Crippen LogP contribution in [0.3, 0.4) is 0 Å². The van der Waals surface area contributed by atoms with Crippen molar-refractivity contribution in [3.8, 4) is 11.1 Å². The lowest BCUT2D eigenvalue weighted by molar-refractivity contribution is -0.172. The quantitative estimate of drug-likeness (QED) is 0.832. The average Bonchev–Trinajstić information content (AvgIpc) is 2.96. The highest BCUT2D eigenvalue weighted by Gasteiger charge is 2.67. The minimum Gasteiger partial charge on any atom is -0.479 e. The van der Waals surface area contributed by atoms with Gasteiger partial charge < -0.3 is 15.2 Å². The number of benzene rings is 2. The number of carbonyl (C=O) groups is 2. The number of fused-ring (bicyclic) bond motifs is 3. The molecule has 1 amide bonds. The van der Waals surface area contributed by atoms with Crippen LogP contribution in [0, 0.1) is 5.41 Å². The van der Waals surface area contributed by atoms with Crippen molar-refractivity contribution in [2.24, 2.45) is 5.41 Å². The van der Waals surface area contributed by atoms with Crippen LogP contribution in [0.15, 0.2) is 48.5 Å². The molecular formula is C23H23NO4. The minimum absolute atomic E-state index is 0.0296. The molecule has 28 heavy (non-hydrogen) atoms. The van der Waals surface area contributed by atoms with Gasteiger partial charge in [0.2, 0.25) is 0 Å². The molecule has 144 valence electrons. The Morgan fingerprint density at radius 1 is 0.964 bits per heavy atom. The highest BCUT2D eigenvalue weighted by atomic mass is 16.5. The Morgan fingerprint density at radius 2 is 1.57 bits per heavy atom. The van der Waals surface area contributed by atoms with Gasteiger partial charge in [-0.3, -0.25) is 0 Å². The van der Waals surface area contributed by atoms with Gasteiger partial charge in [0.15, 0.2) is 0 Å². The molecule has 0 bridgehead atoms. The van der Waals surface area contributed by atoms with Crippen LogP contribution < -0.4 is 5.32 Å². The summed E-state index contributed by atoms with van der Waals surface area (Å²) in [5, 5.41) is 12.5. The minimum atomic E-state index is -1.16. The molecule has 3 aliphatic rings. The van der Waals surface area contributed by atoms with E-state index in [0.717, 1.165) is 36.8 Å². The van der Waals surface area contributed by atoms with Crippen molar-refractivity contribution in [1.29, 1.82) is 0 Å². The topological polar surface area (TPSA) is 75.6 Å². The molecular weight excluding hydrogens is 354 g/mol. The molecule has 0 aromatic heterocycles. The summed E-state index contributed by atoms with van der Waals surface area (Å²) in [5.74, 6) is -0.968. The molecule has 1 unspecified atom stereocenters. The van der Waals surface area contributed by atoms with Gasteiger partial charge in [-0.15, -0.1) is 0 Å². The predicted molar refractivity (Wildman–Crippen MR) is 104 cm³/mol. The van der Waals surface area contributed by atoms with Gasteiger partial charge in [0, 0.05) is 11.3 Å². The van der Waals surface area contributed by atoms with E-state index in [0.29, 0.717) is 6.42 Å². The van der Waals surface area contributed by atoms with E-state index < -0.39 is 17.6 Å². The maximum atomic E-state index is 12.6. The number of hydrogen-bond acceptors (Lipinski definition) is 3. The van der Waals surface area contributed by atoms with E-state index >= 15 is 0 Å². The van der Waals surface area contributed by atoms with E-state index in [4.69, 9.17) is 4.74 Å². The zero-order valence-electron chi connectivity index (χ0n) is 15.6. The van der Waals surface area contributed by atoms with Crippen LogP contribution in [0.1, 0.15) is 49.1 Å². The molecule has 5 rings (SSSR count). The summed E-state index contributed by atoms with van der Waals surface area (Å²) in [6, 6.07) is 16.3. The molecule has 1 spiro atoms. The fourth-order valence-electron chi connectivity index (χ4n) is 5.40. The monoisotopic (exact) mass is 377 g/mol. The lowest BCUT2D eigenvalue weighted by atomic mass is 9.45. The fraction of sp³-hybridized carbons (Fsp3) is 0.391. The van der Waals surface area contributed by atoms with E-state index in [1.165, 1.54) is 11.1 Å². The fourth-order valence-corrected chi connectivity index (χ4v) is 5.40. The molecule has 0 aliphatic heterocycles. The Morgan fingerprint density at radius 3 is 2.04 bits per heavy atom. The number of hydrogen-bond donors (Lipinski definition) is 2. The van der Waals surface area contributed by atoms with Crippen molar-refractivity contribution in [2.75, 3.05) is 6.61 Å². The van der Waals surface area contributed by atoms with Gasteiger partial charge in [-0.1, -0.05) is 55.0 Å². The van der Waals surface area contributed by atoms with Gasteiger partial charge in [0.25, 0.3) is 0 Å². The molecule has 2 aromatic rings. The van der Waals surface area contributed by atoms with E-state index in [1.807, 2.05) is 24.3 Å². The third-order valence-electron chi connectivity index (χ3n) is 7.22. The zero-order chi connectivity index (χ0) is 19.4. The number of carboxylic acid groups (broad SMARTS) is 1. The molecule has 2 N–H and O–H groups in total. The first-order chi connectivity index (χ1) is 13.6. The predicted octanol–water partition coefficient (Wildman–Crippen LogP) is 4.31. The third-order valence-corrected chi connectivity index (χ3v) is 7.22. The third kappa shape index (κ3) is 2.25. The Kier molecular flexibility index (Phi) is 3.76. The van der Waals surface area contributed by atoms with Crippen molar-refractivity contribution >= 4 is 12.1 Å². The molecule has 5 nitrogen and oxygen atoms in total. The summed E-state index contributed by atoms with van der Waals surface area (Å²) in [5.41, 5.74) is 3.19. The van der Waals surface area contributed by atoms with Gasteiger partial charge in [0.05, 0.1) is 0 Å². The highest BCUT2D eigenvalue weighted by Crippen LogP contribution is 2.62. The van der Waals surface area contributed by atoms with Crippen LogP contribution in [0.25, 0.3) is 11.1 Å². The van der Waals surface area contributed by atoms with Crippen molar-refractivity contribution in [3.05, 3.63) is 59.7 Å². The number of amides is 1. The summed E-state index contributed by atoms with van der Waals surface area (Å²) in [6.45, 7) is 0.197. The smallest absolute Gasteiger partial charge is 0.408 e. The Balaban J connectivity index is 1.33. The summed E-state index contributed by atoms with van der Waals surface area (Å²) >= 11 is 0. The van der Waals surface area contributed by atoms with Crippen LogP contribution in [-0.4, -0.2) is 29.3 Å². The number of alkyl carbamates (subject to hydrolysis) is 1. The first kappa shape index (κ1) is 17.3. The molecule has 0 heterocycles. The van der Waals surface area contributed by atoms with Gasteiger partial charge in [-0.05, 0) is 47.9 Å². The van der Waals surface area contributed by atoms with E-state index in [9.17, 15) is 14.7 Å². The first-order valence-electron chi connectivity index (χ1n) is 9.93. The van der Waals surface area contributed by atoms with Crippen LogP contribution in [0.4, 0.5) is 4.79 Å². The van der Waals surface area contributed by atoms with Gasteiger partial charge in [-0.2, -0.15) is 0 Å². The average molecular weight is 377 g/mol. The largest absolute Gasteiger partial charge is 0.479 e. The van der Waals surface area contributed by atoms with Crippen molar-refractivity contribution in [2.45, 2.75) is 43.6 Å². The van der Waals surface area contributed by atoms with Crippen molar-refractivity contribution in [3.63, 3.8) is 0 Å². The van der Waals surface area contributed by atoms with Gasteiger partial charge in [0.1, 0.15) is 12.1 Å². The number of rotatable bonds is 4. The number of aliphatic carboxylic acids is 1. The van der Waals surface area contributed by atoms with Crippen LogP contribution in [-0.2, 0) is 9.53 Å². The summed E-state index contributed by atoms with van der Waals surface area (Å²) < 4.78 is 5.57. The summed E-state index contributed by atoms with van der Waals surface area (Å²) in [6.07, 6.45) is 3.47. The van der Waals surface area contributed by atoms with Crippen LogP contribution in [0.2, 0.25) is 0 Å². The highest BCUT2D eigenvalue weighted by molar-refractivity contribution is 5.87. The SMILES string of the molecule is O=C(NC1(C(=O)O)CCC12CCC2)OCC1c2ccccc2-c2ccccc21. The zero-order valence-corrected chi connectivity index (χ0v) is 15.6. The number of ether oxygens (including phenoxy) is 1. The van der Waals surface area contributed by atoms with Crippen molar-refractivity contribution in [1.82, 2.24) is 5.32 Å². The first-order valence-corrected chi connectivity index (χ1v) is 9.93. The second-order valence-corrected chi connectivity index (χ2v) is 8.29. The Hall–Kier alpha value is -2.82. The van der Waals surface area contributed by atoms with Crippen LogP contribution >= 0.6 is 0 Å². The molecule has 2 aromatic carbocycles. The van der Waals surface area contributed by atoms with E-state index in [-0.39, 0.29) is 17.9 Å². The van der Waals surface area contributed by atoms with Gasteiger partial charge >= 0.3 is 12.1 Å². The van der Waals surface area contributed by atoms with Crippen molar-refractivity contribution < 1.29 is 19.4 Å². The Bertz CT molecular complexity index is 914. The number of carbonyl (C=O) groups excluding carboxylic acids is 1. The maximum Gasteiger partial charge on any atom is 0.408 e. The Labute approximate surface area is 163 Å². The second kappa shape index (κ2) is 6.09. The lowest BCUT2D eigenvalue weighted by Gasteiger charge is -2.61. The summed E-state index contributed by atoms with van der Waals surface area (Å²) in [4.78, 5) is 24.5. The molecule has 2 fully saturated rings. The van der Waals surface area contributed by atoms with Crippen LogP contribution in [0.5, 0.6) is 0 Å². The van der Waals surface area contributed by atoms with E-state index in [1.54, 1.807) is 0 Å². The molecule has 0 saturated heterocycles. The van der Waals surface area contributed by atoms with E-state index in [2.05, 4.69) is 29.6 Å². The molecule has 3 aliphatic carbocycles. The number of nitrogens with one attached hydrogen (secondary N) is 1. The molecule has 1 atom stereocenters. The molecule has 0 radical (unpaired) electrons. The lowest BCUT2D eigenvalue weighted by Crippen LogP contribution is -2.73. The number of carboxylic acids is 1. The standard InChI is InChI=1S/C23H23NO4/c25-20(26)23(13-12-22(23)10-5-11-22)24-21(27)28-14-19-17-8-3-1-6-15(17)16-7-2-4-9-18(16)19/h1-4,6-9,19H,5,10-14H2,(H,24,27)(H,25,26).